The van der Waals surface area contributed by atoms with E-state index in [4.69, 9.17) is 5.11 Å². The van der Waals surface area contributed by atoms with Crippen molar-refractivity contribution in [3.8, 4) is 0 Å². The summed E-state index contributed by atoms with van der Waals surface area (Å²) < 4.78 is 0. The van der Waals surface area contributed by atoms with Gasteiger partial charge in [-0.2, -0.15) is 5.10 Å². The van der Waals surface area contributed by atoms with Crippen LogP contribution in [0.4, 0.5) is 0 Å². The van der Waals surface area contributed by atoms with Gasteiger partial charge in [-0.25, -0.2) is 4.79 Å². The molecule has 0 aromatic carbocycles. The van der Waals surface area contributed by atoms with Crippen LogP contribution >= 0.6 is 0 Å². The Kier molecular flexibility index (Phi) is 2.00. The highest BCUT2D eigenvalue weighted by molar-refractivity contribution is 6.33. The Bertz CT molecular complexity index is 265. The lowest BCUT2D eigenvalue weighted by Crippen LogP contribution is -2.15. The summed E-state index contributed by atoms with van der Waals surface area (Å²) in [6.07, 6.45) is 1.33. The minimum atomic E-state index is -1.42. The molecule has 0 aliphatic heterocycles. The van der Waals surface area contributed by atoms with Crippen LogP contribution in [0.2, 0.25) is 0 Å². The number of hydrogen-bond acceptors (Lipinski definition) is 3. The van der Waals surface area contributed by atoms with Crippen LogP contribution in [0.15, 0.2) is 12.3 Å². The average molecular weight is 154 g/mol. The third kappa shape index (κ3) is 1.89. The zero-order valence-electron chi connectivity index (χ0n) is 5.57. The van der Waals surface area contributed by atoms with Crippen LogP contribution in [0, 0.1) is 0 Å². The number of aliphatic carboxylic acids is 1. The van der Waals surface area contributed by atoms with Crippen molar-refractivity contribution in [2.45, 2.75) is 6.42 Å². The van der Waals surface area contributed by atoms with Gasteiger partial charge in [0.2, 0.25) is 5.78 Å². The van der Waals surface area contributed by atoms with Gasteiger partial charge in [0, 0.05) is 11.9 Å². The smallest absolute Gasteiger partial charge is 0.372 e. The van der Waals surface area contributed by atoms with Crippen molar-refractivity contribution in [1.29, 1.82) is 0 Å². The first-order valence-electron chi connectivity index (χ1n) is 2.94. The van der Waals surface area contributed by atoms with Crippen LogP contribution in [0.1, 0.15) is 5.69 Å². The lowest BCUT2D eigenvalue weighted by atomic mass is 10.2. The molecule has 1 aromatic heterocycles. The number of nitrogens with one attached hydrogen (secondary N) is 1. The van der Waals surface area contributed by atoms with Crippen molar-refractivity contribution in [2.24, 2.45) is 0 Å². The van der Waals surface area contributed by atoms with Crippen molar-refractivity contribution < 1.29 is 14.7 Å². The Morgan fingerprint density at radius 1 is 1.64 bits per heavy atom. The van der Waals surface area contributed by atoms with Gasteiger partial charge in [-0.05, 0) is 6.07 Å². The van der Waals surface area contributed by atoms with Gasteiger partial charge in [0.05, 0.1) is 6.42 Å². The number of nitrogens with zero attached hydrogens (tertiary/aromatic N) is 1. The van der Waals surface area contributed by atoms with Gasteiger partial charge in [-0.15, -0.1) is 0 Å². The largest absolute Gasteiger partial charge is 0.475 e. The zero-order valence-corrected chi connectivity index (χ0v) is 5.57. The van der Waals surface area contributed by atoms with E-state index in [2.05, 4.69) is 10.2 Å². The molecule has 0 aliphatic rings. The lowest BCUT2D eigenvalue weighted by molar-refractivity contribution is -0.148. The summed E-state index contributed by atoms with van der Waals surface area (Å²) in [4.78, 5) is 20.6. The Balaban J connectivity index is 2.57. The molecule has 5 nitrogen and oxygen atoms in total. The standard InChI is InChI=1S/C6H6N2O3/c9-5(6(10)11)3-4-1-2-7-8-4/h1-2H,3H2,(H,7,8)(H,10,11). The Morgan fingerprint density at radius 2 is 2.36 bits per heavy atom. The molecule has 11 heavy (non-hydrogen) atoms. The first-order valence-corrected chi connectivity index (χ1v) is 2.94. The SMILES string of the molecule is O=C(O)C(=O)Cc1ccn[nH]1. The number of aromatic amines is 1. The van der Waals surface area contributed by atoms with Gasteiger partial charge >= 0.3 is 5.97 Å². The summed E-state index contributed by atoms with van der Waals surface area (Å²) >= 11 is 0. The average Bonchev–Trinajstić information content (AvgIpc) is 2.39. The molecule has 1 aromatic rings. The highest BCUT2D eigenvalue weighted by atomic mass is 16.4. The van der Waals surface area contributed by atoms with E-state index in [0.717, 1.165) is 0 Å². The van der Waals surface area contributed by atoms with E-state index in [9.17, 15) is 9.59 Å². The van der Waals surface area contributed by atoms with Crippen LogP contribution in [-0.4, -0.2) is 27.1 Å². The van der Waals surface area contributed by atoms with Crippen LogP contribution in [0.25, 0.3) is 0 Å². The topological polar surface area (TPSA) is 83.0 Å². The summed E-state index contributed by atoms with van der Waals surface area (Å²) in [5.74, 6) is -2.26. The number of ketones is 1. The molecule has 0 aliphatic carbocycles. The second kappa shape index (κ2) is 2.96. The van der Waals surface area contributed by atoms with Crippen LogP contribution in [0.3, 0.4) is 0 Å². The van der Waals surface area contributed by atoms with Gasteiger partial charge < -0.3 is 5.11 Å². The van der Waals surface area contributed by atoms with Gasteiger partial charge in [0.1, 0.15) is 0 Å². The van der Waals surface area contributed by atoms with Crippen molar-refractivity contribution in [2.75, 3.05) is 0 Å². The molecule has 1 heterocycles. The number of aromatic nitrogens is 2. The van der Waals surface area contributed by atoms with E-state index in [0.29, 0.717) is 5.69 Å². The third-order valence-corrected chi connectivity index (χ3v) is 1.15. The molecule has 0 fully saturated rings. The van der Waals surface area contributed by atoms with Crippen molar-refractivity contribution in [1.82, 2.24) is 10.2 Å². The summed E-state index contributed by atoms with van der Waals surface area (Å²) in [5.41, 5.74) is 0.511. The Labute approximate surface area is 62.0 Å². The zero-order chi connectivity index (χ0) is 8.27. The molecule has 0 atom stereocenters. The predicted molar refractivity (Wildman–Crippen MR) is 34.9 cm³/mol. The quantitative estimate of drug-likeness (QED) is 0.580. The van der Waals surface area contributed by atoms with Gasteiger partial charge in [0.15, 0.2) is 0 Å². The fraction of sp³-hybridized carbons (Fsp3) is 0.167. The normalized spacial score (nSPS) is 9.45. The Hall–Kier alpha value is -1.65. The minimum absolute atomic E-state index is 0.130. The number of carbonyl (C=O) groups is 2. The third-order valence-electron chi connectivity index (χ3n) is 1.15. The summed E-state index contributed by atoms with van der Waals surface area (Å²) in [6.45, 7) is 0. The van der Waals surface area contributed by atoms with Crippen molar-refractivity contribution in [3.05, 3.63) is 18.0 Å². The minimum Gasteiger partial charge on any atom is -0.475 e. The molecule has 0 saturated heterocycles. The van der Waals surface area contributed by atoms with Crippen molar-refractivity contribution >= 4 is 11.8 Å². The highest BCUT2D eigenvalue weighted by Gasteiger charge is 2.11. The van der Waals surface area contributed by atoms with Crippen LogP contribution < -0.4 is 0 Å². The fourth-order valence-electron chi connectivity index (χ4n) is 0.632. The number of Topliss-reactive ketones (excluding diaryl/α,β-unsaturated/α-hetero) is 1. The first-order chi connectivity index (χ1) is 5.20. The fourth-order valence-corrected chi connectivity index (χ4v) is 0.632. The molecule has 0 bridgehead atoms. The maximum Gasteiger partial charge on any atom is 0.372 e. The molecule has 58 valence electrons. The van der Waals surface area contributed by atoms with E-state index in [1.165, 1.54) is 6.20 Å². The molecule has 2 N–H and O–H groups in total. The monoisotopic (exact) mass is 154 g/mol. The number of carboxylic acid groups (broad SMARTS) is 1. The molecular weight excluding hydrogens is 148 g/mol. The van der Waals surface area contributed by atoms with Crippen LogP contribution in [0.5, 0.6) is 0 Å². The van der Waals surface area contributed by atoms with Crippen molar-refractivity contribution in [3.63, 3.8) is 0 Å². The summed E-state index contributed by atoms with van der Waals surface area (Å²) in [5, 5.41) is 14.3. The molecular formula is C6H6N2O3. The predicted octanol–water partition coefficient (Wildman–Crippen LogP) is -0.394. The highest BCUT2D eigenvalue weighted by Crippen LogP contribution is 1.93. The second-order valence-electron chi connectivity index (χ2n) is 1.99. The summed E-state index contributed by atoms with van der Waals surface area (Å²) in [6, 6.07) is 1.56. The molecule has 0 spiro atoms. The van der Waals surface area contributed by atoms with E-state index in [1.54, 1.807) is 6.07 Å². The van der Waals surface area contributed by atoms with E-state index < -0.39 is 11.8 Å². The molecule has 0 saturated carbocycles. The maximum atomic E-state index is 10.6. The number of H-pyrrole nitrogens is 1. The van der Waals surface area contributed by atoms with Crippen LogP contribution in [-0.2, 0) is 16.0 Å². The second-order valence-corrected chi connectivity index (χ2v) is 1.99. The molecule has 1 rings (SSSR count). The van der Waals surface area contributed by atoms with Gasteiger partial charge in [0.25, 0.3) is 0 Å². The number of rotatable bonds is 3. The molecule has 5 heteroatoms. The molecule has 0 radical (unpaired) electrons. The van der Waals surface area contributed by atoms with Gasteiger partial charge in [-0.1, -0.05) is 0 Å². The molecule has 0 amide bonds. The van der Waals surface area contributed by atoms with E-state index in [-0.39, 0.29) is 6.42 Å². The summed E-state index contributed by atoms with van der Waals surface area (Å²) in [7, 11) is 0. The number of hydrogen-bond donors (Lipinski definition) is 2. The number of carboxylic acids is 1. The number of carbonyl (C=O) groups excluding carboxylic acids is 1. The van der Waals surface area contributed by atoms with E-state index >= 15 is 0 Å². The van der Waals surface area contributed by atoms with E-state index in [1.807, 2.05) is 0 Å². The lowest BCUT2D eigenvalue weighted by Gasteiger charge is -1.89. The first kappa shape index (κ1) is 7.46. The van der Waals surface area contributed by atoms with Gasteiger partial charge in [-0.3, -0.25) is 9.89 Å². The Morgan fingerprint density at radius 3 is 2.82 bits per heavy atom. The maximum absolute atomic E-state index is 10.6. The molecule has 0 unspecified atom stereocenters.